The molecule has 0 spiro atoms. The lowest BCUT2D eigenvalue weighted by atomic mass is 9.97. The molecule has 7 heteroatoms. The summed E-state index contributed by atoms with van der Waals surface area (Å²) in [6.45, 7) is 2.31. The Morgan fingerprint density at radius 2 is 2.13 bits per heavy atom. The monoisotopic (exact) mass is 339 g/mol. The third kappa shape index (κ3) is 2.61. The van der Waals surface area contributed by atoms with Crippen molar-refractivity contribution in [3.8, 4) is 0 Å². The zero-order valence-electron chi connectivity index (χ0n) is 12.8. The molecule has 0 N–H and O–H groups in total. The summed E-state index contributed by atoms with van der Waals surface area (Å²) < 4.78 is 27.5. The Kier molecular flexibility index (Phi) is 4.10. The number of aryl methyl sites for hydroxylation is 2. The molecular weight excluding hydrogens is 324 g/mol. The highest BCUT2D eigenvalue weighted by Crippen LogP contribution is 2.36. The molecule has 1 aromatic carbocycles. The number of fused-ring (bicyclic) bond motifs is 1. The van der Waals surface area contributed by atoms with Gasteiger partial charge in [-0.1, -0.05) is 17.7 Å². The number of alkyl halides is 2. The van der Waals surface area contributed by atoms with E-state index in [-0.39, 0.29) is 11.3 Å². The first kappa shape index (κ1) is 15.9. The molecule has 0 bridgehead atoms. The van der Waals surface area contributed by atoms with E-state index < -0.39 is 12.3 Å². The van der Waals surface area contributed by atoms with Gasteiger partial charge in [-0.05, 0) is 37.0 Å². The zero-order valence-corrected chi connectivity index (χ0v) is 13.6. The van der Waals surface area contributed by atoms with E-state index in [1.54, 1.807) is 11.0 Å². The number of nitrogens with zero attached hydrogens (tertiary/aromatic N) is 3. The lowest BCUT2D eigenvalue weighted by molar-refractivity contribution is 0.0967. The largest absolute Gasteiger partial charge is 0.308 e. The number of anilines is 1. The SMILES string of the molecule is Cc1c(Cl)ccc2c1N(C(=O)c1cnn(C)c1C(F)F)CCC2. The highest BCUT2D eigenvalue weighted by molar-refractivity contribution is 6.32. The highest BCUT2D eigenvalue weighted by atomic mass is 35.5. The van der Waals surface area contributed by atoms with Gasteiger partial charge >= 0.3 is 0 Å². The summed E-state index contributed by atoms with van der Waals surface area (Å²) in [5, 5.41) is 4.37. The molecule has 0 saturated carbocycles. The van der Waals surface area contributed by atoms with Crippen LogP contribution in [0.1, 0.15) is 40.0 Å². The van der Waals surface area contributed by atoms with E-state index >= 15 is 0 Å². The smallest absolute Gasteiger partial charge is 0.280 e. The van der Waals surface area contributed by atoms with Crippen molar-refractivity contribution >= 4 is 23.2 Å². The molecule has 23 heavy (non-hydrogen) atoms. The Morgan fingerprint density at radius 1 is 1.39 bits per heavy atom. The quantitative estimate of drug-likeness (QED) is 0.832. The molecule has 0 radical (unpaired) electrons. The highest BCUT2D eigenvalue weighted by Gasteiger charge is 2.31. The second kappa shape index (κ2) is 5.92. The van der Waals surface area contributed by atoms with Crippen LogP contribution >= 0.6 is 11.6 Å². The third-order valence-corrected chi connectivity index (χ3v) is 4.62. The Balaban J connectivity index is 2.08. The maximum Gasteiger partial charge on any atom is 0.280 e. The summed E-state index contributed by atoms with van der Waals surface area (Å²) in [6, 6.07) is 3.69. The number of hydrogen-bond acceptors (Lipinski definition) is 2. The van der Waals surface area contributed by atoms with Gasteiger partial charge in [0.25, 0.3) is 12.3 Å². The first-order valence-corrected chi connectivity index (χ1v) is 7.69. The van der Waals surface area contributed by atoms with E-state index in [1.165, 1.54) is 13.2 Å². The van der Waals surface area contributed by atoms with Crippen molar-refractivity contribution in [3.05, 3.63) is 45.7 Å². The van der Waals surface area contributed by atoms with Crippen LogP contribution < -0.4 is 4.90 Å². The number of hydrogen-bond donors (Lipinski definition) is 0. The number of benzene rings is 1. The predicted molar refractivity (Wildman–Crippen MR) is 84.4 cm³/mol. The Labute approximate surface area is 137 Å². The fourth-order valence-corrected chi connectivity index (χ4v) is 3.22. The normalized spacial score (nSPS) is 14.3. The van der Waals surface area contributed by atoms with E-state index in [4.69, 9.17) is 11.6 Å². The van der Waals surface area contributed by atoms with Crippen molar-refractivity contribution in [2.45, 2.75) is 26.2 Å². The van der Waals surface area contributed by atoms with Crippen molar-refractivity contribution in [2.24, 2.45) is 7.05 Å². The second-order valence-corrected chi connectivity index (χ2v) is 6.02. The van der Waals surface area contributed by atoms with Crippen LogP contribution in [-0.4, -0.2) is 22.2 Å². The molecule has 0 unspecified atom stereocenters. The molecule has 0 aliphatic carbocycles. The molecule has 122 valence electrons. The number of rotatable bonds is 2. The summed E-state index contributed by atoms with van der Waals surface area (Å²) in [5.74, 6) is -0.459. The van der Waals surface area contributed by atoms with Crippen LogP contribution in [0.4, 0.5) is 14.5 Å². The number of carbonyl (C=O) groups excluding carboxylic acids is 1. The summed E-state index contributed by atoms with van der Waals surface area (Å²) in [5.41, 5.74) is 2.11. The van der Waals surface area contributed by atoms with Crippen LogP contribution in [0.15, 0.2) is 18.3 Å². The van der Waals surface area contributed by atoms with Crippen LogP contribution in [0, 0.1) is 6.92 Å². The van der Waals surface area contributed by atoms with Crippen molar-refractivity contribution in [1.82, 2.24) is 9.78 Å². The summed E-state index contributed by atoms with van der Waals surface area (Å²) in [4.78, 5) is 14.4. The van der Waals surface area contributed by atoms with Crippen molar-refractivity contribution < 1.29 is 13.6 Å². The lowest BCUT2D eigenvalue weighted by Gasteiger charge is -2.31. The minimum absolute atomic E-state index is 0.0604. The topological polar surface area (TPSA) is 38.1 Å². The average molecular weight is 340 g/mol. The molecule has 0 fully saturated rings. The lowest BCUT2D eigenvalue weighted by Crippen LogP contribution is -2.36. The van der Waals surface area contributed by atoms with Gasteiger partial charge in [-0.15, -0.1) is 0 Å². The molecule has 0 saturated heterocycles. The Hall–Kier alpha value is -1.95. The fourth-order valence-electron chi connectivity index (χ4n) is 3.07. The zero-order chi connectivity index (χ0) is 16.7. The van der Waals surface area contributed by atoms with Crippen molar-refractivity contribution in [3.63, 3.8) is 0 Å². The van der Waals surface area contributed by atoms with E-state index in [1.807, 2.05) is 13.0 Å². The Morgan fingerprint density at radius 3 is 2.83 bits per heavy atom. The summed E-state index contributed by atoms with van der Waals surface area (Å²) in [6.07, 6.45) is 0.0691. The molecule has 1 aliphatic heterocycles. The van der Waals surface area contributed by atoms with Crippen molar-refractivity contribution in [2.75, 3.05) is 11.4 Å². The molecule has 2 heterocycles. The molecular formula is C16H16ClF2N3O. The predicted octanol–water partition coefficient (Wildman–Crippen LogP) is 3.91. The van der Waals surface area contributed by atoms with Gasteiger partial charge in [0.15, 0.2) is 0 Å². The molecule has 1 aliphatic rings. The van der Waals surface area contributed by atoms with Crippen LogP contribution in [0.25, 0.3) is 0 Å². The van der Waals surface area contributed by atoms with Crippen LogP contribution in [0.3, 0.4) is 0 Å². The molecule has 3 rings (SSSR count). The van der Waals surface area contributed by atoms with Crippen LogP contribution in [0.5, 0.6) is 0 Å². The first-order valence-electron chi connectivity index (χ1n) is 7.31. The Bertz CT molecular complexity index is 773. The van der Waals surface area contributed by atoms with Gasteiger partial charge in [-0.2, -0.15) is 5.10 Å². The standard InChI is InChI=1S/C16H16ClF2N3O/c1-9-12(17)6-5-10-4-3-7-22(13(9)10)16(23)11-8-20-21(2)14(11)15(18)19/h5-6,8,15H,3-4,7H2,1-2H3. The minimum atomic E-state index is -2.76. The van der Waals surface area contributed by atoms with E-state index in [0.717, 1.165) is 34.3 Å². The fraction of sp³-hybridized carbons (Fsp3) is 0.375. The van der Waals surface area contributed by atoms with Crippen LogP contribution in [0.2, 0.25) is 5.02 Å². The van der Waals surface area contributed by atoms with Crippen LogP contribution in [-0.2, 0) is 13.5 Å². The van der Waals surface area contributed by atoms with E-state index in [9.17, 15) is 13.6 Å². The number of aromatic nitrogens is 2. The summed E-state index contributed by atoms with van der Waals surface area (Å²) in [7, 11) is 1.41. The average Bonchev–Trinajstić information content (AvgIpc) is 2.91. The molecule has 1 amide bonds. The van der Waals surface area contributed by atoms with E-state index in [0.29, 0.717) is 11.6 Å². The first-order chi connectivity index (χ1) is 10.9. The maximum atomic E-state index is 13.2. The second-order valence-electron chi connectivity index (χ2n) is 5.61. The molecule has 4 nitrogen and oxygen atoms in total. The minimum Gasteiger partial charge on any atom is -0.308 e. The number of halogens is 3. The van der Waals surface area contributed by atoms with E-state index in [2.05, 4.69) is 5.10 Å². The van der Waals surface area contributed by atoms with Gasteiger partial charge in [-0.25, -0.2) is 8.78 Å². The van der Waals surface area contributed by atoms with Gasteiger partial charge in [0.05, 0.1) is 17.4 Å². The molecule has 2 aromatic rings. The summed E-state index contributed by atoms with van der Waals surface area (Å²) >= 11 is 6.17. The van der Waals surface area contributed by atoms with Gasteiger partial charge in [-0.3, -0.25) is 9.48 Å². The van der Waals surface area contributed by atoms with Gasteiger partial charge < -0.3 is 4.90 Å². The van der Waals surface area contributed by atoms with Gasteiger partial charge in [0.2, 0.25) is 0 Å². The number of carbonyl (C=O) groups is 1. The maximum absolute atomic E-state index is 13.2. The number of amides is 1. The molecule has 0 atom stereocenters. The third-order valence-electron chi connectivity index (χ3n) is 4.21. The van der Waals surface area contributed by atoms with Gasteiger partial charge in [0.1, 0.15) is 5.69 Å². The molecule has 1 aromatic heterocycles. The van der Waals surface area contributed by atoms with Crippen molar-refractivity contribution in [1.29, 1.82) is 0 Å². The van der Waals surface area contributed by atoms with Gasteiger partial charge in [0, 0.05) is 18.6 Å².